The molecule has 1 fully saturated rings. The van der Waals surface area contributed by atoms with Gasteiger partial charge in [0.15, 0.2) is 0 Å². The van der Waals surface area contributed by atoms with E-state index in [1.54, 1.807) is 0 Å². The number of aromatic nitrogens is 1. The molecule has 0 spiro atoms. The fourth-order valence-corrected chi connectivity index (χ4v) is 2.88. The van der Waals surface area contributed by atoms with Crippen molar-refractivity contribution in [3.63, 3.8) is 0 Å². The van der Waals surface area contributed by atoms with Crippen molar-refractivity contribution >= 4 is 5.97 Å². The Balaban J connectivity index is 1.58. The Kier molecular flexibility index (Phi) is 7.33. The Morgan fingerprint density at radius 3 is 2.74 bits per heavy atom. The summed E-state index contributed by atoms with van der Waals surface area (Å²) in [5, 5.41) is 3.36. The zero-order valence-corrected chi connectivity index (χ0v) is 14.2. The lowest BCUT2D eigenvalue weighted by atomic mass is 9.87. The molecule has 1 aromatic heterocycles. The van der Waals surface area contributed by atoms with Crippen LogP contribution in [0.3, 0.4) is 0 Å². The lowest BCUT2D eigenvalue weighted by molar-refractivity contribution is -0.142. The van der Waals surface area contributed by atoms with Crippen LogP contribution in [0.2, 0.25) is 0 Å². The van der Waals surface area contributed by atoms with Gasteiger partial charge in [0.2, 0.25) is 5.88 Å². The van der Waals surface area contributed by atoms with Gasteiger partial charge in [-0.1, -0.05) is 6.07 Å². The second kappa shape index (κ2) is 9.50. The first kappa shape index (κ1) is 17.7. The van der Waals surface area contributed by atoms with Gasteiger partial charge >= 0.3 is 5.97 Å². The van der Waals surface area contributed by atoms with E-state index in [1.165, 1.54) is 0 Å². The summed E-state index contributed by atoms with van der Waals surface area (Å²) in [7, 11) is 0. The van der Waals surface area contributed by atoms with Gasteiger partial charge in [-0.2, -0.15) is 0 Å². The van der Waals surface area contributed by atoms with Crippen molar-refractivity contribution in [3.05, 3.63) is 23.9 Å². The van der Waals surface area contributed by atoms with Crippen LogP contribution < -0.4 is 10.1 Å². The van der Waals surface area contributed by atoms with Crippen molar-refractivity contribution in [3.8, 4) is 5.88 Å². The highest BCUT2D eigenvalue weighted by molar-refractivity contribution is 5.69. The third-order valence-corrected chi connectivity index (χ3v) is 4.21. The second-order valence-electron chi connectivity index (χ2n) is 6.19. The summed E-state index contributed by atoms with van der Waals surface area (Å²) in [5.41, 5.74) is 1.15. The number of hydrogen-bond acceptors (Lipinski definition) is 5. The van der Waals surface area contributed by atoms with Crippen molar-refractivity contribution in [2.24, 2.45) is 5.92 Å². The van der Waals surface area contributed by atoms with E-state index in [-0.39, 0.29) is 12.1 Å². The van der Waals surface area contributed by atoms with E-state index in [9.17, 15) is 4.79 Å². The van der Waals surface area contributed by atoms with Crippen LogP contribution in [0.1, 0.15) is 44.6 Å². The molecule has 0 amide bonds. The Bertz CT molecular complexity index is 468. The van der Waals surface area contributed by atoms with Gasteiger partial charge in [-0.25, -0.2) is 4.98 Å². The minimum absolute atomic E-state index is 0.122. The normalized spacial score (nSPS) is 21.0. The first-order chi connectivity index (χ1) is 11.2. The zero-order valence-electron chi connectivity index (χ0n) is 14.2. The van der Waals surface area contributed by atoms with Crippen LogP contribution in [-0.4, -0.2) is 36.8 Å². The van der Waals surface area contributed by atoms with Crippen LogP contribution in [0, 0.1) is 12.8 Å². The number of nitrogens with zero attached hydrogens (tertiary/aromatic N) is 1. The minimum atomic E-state index is -0.122. The topological polar surface area (TPSA) is 60.5 Å². The first-order valence-corrected chi connectivity index (χ1v) is 8.63. The molecule has 0 bridgehead atoms. The van der Waals surface area contributed by atoms with Gasteiger partial charge in [0, 0.05) is 18.8 Å². The Morgan fingerprint density at radius 1 is 1.30 bits per heavy atom. The third-order valence-electron chi connectivity index (χ3n) is 4.21. The van der Waals surface area contributed by atoms with Crippen LogP contribution in [0.5, 0.6) is 5.88 Å². The Morgan fingerprint density at radius 2 is 2.09 bits per heavy atom. The van der Waals surface area contributed by atoms with Gasteiger partial charge in [0.05, 0.1) is 13.0 Å². The van der Waals surface area contributed by atoms with Crippen molar-refractivity contribution in [1.29, 1.82) is 0 Å². The van der Waals surface area contributed by atoms with E-state index in [1.807, 2.05) is 32.2 Å². The Labute approximate surface area is 138 Å². The maximum absolute atomic E-state index is 11.2. The van der Waals surface area contributed by atoms with Gasteiger partial charge in [0.1, 0.15) is 6.10 Å². The molecule has 1 aromatic rings. The quantitative estimate of drug-likeness (QED) is 0.589. The largest absolute Gasteiger partial charge is 0.474 e. The molecule has 23 heavy (non-hydrogen) atoms. The van der Waals surface area contributed by atoms with Gasteiger partial charge < -0.3 is 14.8 Å². The van der Waals surface area contributed by atoms with Crippen molar-refractivity contribution < 1.29 is 14.3 Å². The fraction of sp³-hybridized carbons (Fsp3) is 0.667. The number of ether oxygens (including phenoxy) is 2. The predicted molar refractivity (Wildman–Crippen MR) is 89.5 cm³/mol. The summed E-state index contributed by atoms with van der Waals surface area (Å²) in [6.07, 6.45) is 7.02. The summed E-state index contributed by atoms with van der Waals surface area (Å²) in [6, 6.07) is 3.97. The second-order valence-corrected chi connectivity index (χ2v) is 6.19. The highest BCUT2D eigenvalue weighted by Crippen LogP contribution is 2.26. The summed E-state index contributed by atoms with van der Waals surface area (Å²) >= 11 is 0. The number of carbonyl (C=O) groups is 1. The van der Waals surface area contributed by atoms with Gasteiger partial charge in [-0.3, -0.25) is 4.79 Å². The first-order valence-electron chi connectivity index (χ1n) is 8.63. The van der Waals surface area contributed by atoms with Gasteiger partial charge in [-0.15, -0.1) is 0 Å². The molecule has 1 aliphatic rings. The summed E-state index contributed by atoms with van der Waals surface area (Å²) in [6.45, 7) is 5.98. The van der Waals surface area contributed by atoms with Crippen LogP contribution in [0.15, 0.2) is 18.3 Å². The van der Waals surface area contributed by atoms with E-state index >= 15 is 0 Å². The predicted octanol–water partition coefficient (Wildman–Crippen LogP) is 2.87. The molecular weight excluding hydrogens is 292 g/mol. The molecule has 0 radical (unpaired) electrons. The van der Waals surface area contributed by atoms with Crippen LogP contribution in [-0.2, 0) is 9.53 Å². The zero-order chi connectivity index (χ0) is 16.5. The minimum Gasteiger partial charge on any atom is -0.474 e. The molecule has 1 N–H and O–H groups in total. The molecule has 5 nitrogen and oxygen atoms in total. The molecular formula is C18H28N2O3. The Hall–Kier alpha value is -1.62. The molecule has 0 unspecified atom stereocenters. The third kappa shape index (κ3) is 6.57. The van der Waals surface area contributed by atoms with Crippen LogP contribution >= 0.6 is 0 Å². The number of nitrogens with one attached hydrogen (secondary N) is 1. The average molecular weight is 320 g/mol. The van der Waals surface area contributed by atoms with Gasteiger partial charge in [0.25, 0.3) is 0 Å². The van der Waals surface area contributed by atoms with Crippen LogP contribution in [0.25, 0.3) is 0 Å². The smallest absolute Gasteiger partial charge is 0.307 e. The SMILES string of the molecule is CCOC(=O)CCNCC1CCC(Oc2ccc(C)cn2)CC1. The number of rotatable bonds is 8. The maximum Gasteiger partial charge on any atom is 0.307 e. The number of esters is 1. The number of pyridine rings is 1. The van der Waals surface area contributed by atoms with E-state index in [2.05, 4.69) is 10.3 Å². The molecule has 0 aliphatic heterocycles. The summed E-state index contributed by atoms with van der Waals surface area (Å²) in [5.74, 6) is 1.28. The molecule has 1 saturated carbocycles. The average Bonchev–Trinajstić information content (AvgIpc) is 2.55. The van der Waals surface area contributed by atoms with Crippen molar-refractivity contribution in [2.45, 2.75) is 52.1 Å². The van der Waals surface area contributed by atoms with E-state index in [0.717, 1.165) is 43.7 Å². The number of aryl methyl sites for hydroxylation is 1. The molecule has 2 rings (SSSR count). The highest BCUT2D eigenvalue weighted by Gasteiger charge is 2.22. The molecule has 0 atom stereocenters. The summed E-state index contributed by atoms with van der Waals surface area (Å²) < 4.78 is 10.9. The molecule has 0 aromatic carbocycles. The summed E-state index contributed by atoms with van der Waals surface area (Å²) in [4.78, 5) is 15.6. The van der Waals surface area contributed by atoms with Crippen molar-refractivity contribution in [1.82, 2.24) is 10.3 Å². The van der Waals surface area contributed by atoms with E-state index in [4.69, 9.17) is 9.47 Å². The lowest BCUT2D eigenvalue weighted by Crippen LogP contribution is -2.31. The molecule has 128 valence electrons. The molecule has 5 heteroatoms. The lowest BCUT2D eigenvalue weighted by Gasteiger charge is -2.28. The van der Waals surface area contributed by atoms with Crippen molar-refractivity contribution in [2.75, 3.05) is 19.7 Å². The van der Waals surface area contributed by atoms with Crippen LogP contribution in [0.4, 0.5) is 0 Å². The number of carbonyl (C=O) groups excluding carboxylic acids is 1. The molecule has 1 aliphatic carbocycles. The molecule has 0 saturated heterocycles. The standard InChI is InChI=1S/C18H28N2O3/c1-3-22-18(21)10-11-19-13-15-5-7-16(8-6-15)23-17-9-4-14(2)12-20-17/h4,9,12,15-16,19H,3,5-8,10-11,13H2,1-2H3. The maximum atomic E-state index is 11.2. The monoisotopic (exact) mass is 320 g/mol. The number of hydrogen-bond donors (Lipinski definition) is 1. The fourth-order valence-electron chi connectivity index (χ4n) is 2.88. The van der Waals surface area contributed by atoms with Gasteiger partial charge in [-0.05, 0) is 57.6 Å². The molecule has 1 heterocycles. The van der Waals surface area contributed by atoms with E-state index in [0.29, 0.717) is 25.5 Å². The highest BCUT2D eigenvalue weighted by atomic mass is 16.5. The van der Waals surface area contributed by atoms with E-state index < -0.39 is 0 Å².